The minimum absolute atomic E-state index is 0.176. The third-order valence-electron chi connectivity index (χ3n) is 3.38. The van der Waals surface area contributed by atoms with Crippen molar-refractivity contribution in [2.24, 2.45) is 5.92 Å². The molecule has 1 aromatic rings. The molecule has 1 aliphatic carbocycles. The number of nitrogens with one attached hydrogen (secondary N) is 2. The predicted molar refractivity (Wildman–Crippen MR) is 74.4 cm³/mol. The number of carbonyl (C=O) groups excluding carboxylic acids is 1. The van der Waals surface area contributed by atoms with Crippen molar-refractivity contribution in [2.75, 3.05) is 5.32 Å². The predicted octanol–water partition coefficient (Wildman–Crippen LogP) is 2.92. The number of anilines is 1. The normalized spacial score (nSPS) is 15.5. The van der Waals surface area contributed by atoms with Gasteiger partial charge in [0.15, 0.2) is 0 Å². The molecule has 1 amide bonds. The first kappa shape index (κ1) is 13.1. The van der Waals surface area contributed by atoms with Crippen LogP contribution in [0, 0.1) is 5.92 Å². The van der Waals surface area contributed by atoms with Gasteiger partial charge in [-0.2, -0.15) is 0 Å². The molecule has 0 heterocycles. The molecule has 0 unspecified atom stereocenters. The lowest BCUT2D eigenvalue weighted by molar-refractivity contribution is -0.122. The van der Waals surface area contributed by atoms with Gasteiger partial charge in [-0.25, -0.2) is 0 Å². The Morgan fingerprint density at radius 3 is 2.78 bits per heavy atom. The van der Waals surface area contributed by atoms with Gasteiger partial charge in [-0.05, 0) is 30.5 Å². The standard InChI is InChI=1S/C15H22N2O/c1-11(2)16-10-12-5-3-8-14(9-12)17-15(18)13-6-4-7-13/h3,5,8-9,11,13,16H,4,6-7,10H2,1-2H3,(H,17,18). The van der Waals surface area contributed by atoms with E-state index in [0.29, 0.717) is 6.04 Å². The van der Waals surface area contributed by atoms with Gasteiger partial charge in [-0.3, -0.25) is 4.79 Å². The topological polar surface area (TPSA) is 41.1 Å². The summed E-state index contributed by atoms with van der Waals surface area (Å²) in [7, 11) is 0. The van der Waals surface area contributed by atoms with E-state index in [0.717, 1.165) is 25.1 Å². The van der Waals surface area contributed by atoms with Crippen LogP contribution in [0.25, 0.3) is 0 Å². The molecular formula is C15H22N2O. The summed E-state index contributed by atoms with van der Waals surface area (Å²) >= 11 is 0. The highest BCUT2D eigenvalue weighted by atomic mass is 16.1. The highest BCUT2D eigenvalue weighted by Gasteiger charge is 2.24. The van der Waals surface area contributed by atoms with Crippen LogP contribution in [0.4, 0.5) is 5.69 Å². The molecule has 1 saturated carbocycles. The molecule has 2 rings (SSSR count). The Morgan fingerprint density at radius 1 is 1.39 bits per heavy atom. The summed E-state index contributed by atoms with van der Waals surface area (Å²) in [6.07, 6.45) is 3.28. The molecule has 1 fully saturated rings. The molecule has 0 aromatic heterocycles. The largest absolute Gasteiger partial charge is 0.326 e. The molecule has 3 heteroatoms. The highest BCUT2D eigenvalue weighted by molar-refractivity contribution is 5.93. The van der Waals surface area contributed by atoms with Gasteiger partial charge < -0.3 is 10.6 Å². The van der Waals surface area contributed by atoms with E-state index < -0.39 is 0 Å². The molecule has 3 nitrogen and oxygen atoms in total. The van der Waals surface area contributed by atoms with Crippen LogP contribution in [0.3, 0.4) is 0 Å². The number of hydrogen-bond acceptors (Lipinski definition) is 2. The van der Waals surface area contributed by atoms with Gasteiger partial charge in [-0.15, -0.1) is 0 Å². The minimum atomic E-state index is 0.176. The Kier molecular flexibility index (Phi) is 4.37. The Balaban J connectivity index is 1.91. The second-order valence-electron chi connectivity index (χ2n) is 5.35. The second-order valence-corrected chi connectivity index (χ2v) is 5.35. The van der Waals surface area contributed by atoms with E-state index in [9.17, 15) is 4.79 Å². The van der Waals surface area contributed by atoms with Crippen molar-refractivity contribution >= 4 is 11.6 Å². The highest BCUT2D eigenvalue weighted by Crippen LogP contribution is 2.27. The van der Waals surface area contributed by atoms with Crippen LogP contribution in [0.5, 0.6) is 0 Å². The summed E-state index contributed by atoms with van der Waals surface area (Å²) in [5.41, 5.74) is 2.12. The molecule has 1 aromatic carbocycles. The zero-order valence-electron chi connectivity index (χ0n) is 11.2. The molecule has 0 saturated heterocycles. The molecule has 0 aliphatic heterocycles. The second kappa shape index (κ2) is 6.01. The van der Waals surface area contributed by atoms with Gasteiger partial charge in [0, 0.05) is 24.2 Å². The third kappa shape index (κ3) is 3.57. The van der Waals surface area contributed by atoms with Crippen LogP contribution in [-0.2, 0) is 11.3 Å². The number of amides is 1. The van der Waals surface area contributed by atoms with Crippen molar-refractivity contribution in [3.63, 3.8) is 0 Å². The first-order valence-corrected chi connectivity index (χ1v) is 6.78. The van der Waals surface area contributed by atoms with Crippen LogP contribution < -0.4 is 10.6 Å². The zero-order valence-corrected chi connectivity index (χ0v) is 11.2. The van der Waals surface area contributed by atoms with Crippen LogP contribution in [-0.4, -0.2) is 11.9 Å². The summed E-state index contributed by atoms with van der Waals surface area (Å²) in [6, 6.07) is 8.54. The van der Waals surface area contributed by atoms with Crippen LogP contribution in [0.2, 0.25) is 0 Å². The number of hydrogen-bond donors (Lipinski definition) is 2. The van der Waals surface area contributed by atoms with Gasteiger partial charge >= 0.3 is 0 Å². The van der Waals surface area contributed by atoms with Crippen molar-refractivity contribution in [1.82, 2.24) is 5.32 Å². The summed E-state index contributed by atoms with van der Waals surface area (Å²) in [5, 5.41) is 6.38. The Hall–Kier alpha value is -1.35. The van der Waals surface area contributed by atoms with E-state index in [1.807, 2.05) is 18.2 Å². The lowest BCUT2D eigenvalue weighted by atomic mass is 9.85. The average Bonchev–Trinajstić information content (AvgIpc) is 2.24. The fourth-order valence-corrected chi connectivity index (χ4v) is 2.00. The Labute approximate surface area is 109 Å². The van der Waals surface area contributed by atoms with Crippen LogP contribution in [0.15, 0.2) is 24.3 Å². The fraction of sp³-hybridized carbons (Fsp3) is 0.533. The lowest BCUT2D eigenvalue weighted by Crippen LogP contribution is -2.28. The molecule has 18 heavy (non-hydrogen) atoms. The maximum Gasteiger partial charge on any atom is 0.227 e. The fourth-order valence-electron chi connectivity index (χ4n) is 2.00. The van der Waals surface area contributed by atoms with Gasteiger partial charge in [0.25, 0.3) is 0 Å². The Morgan fingerprint density at radius 2 is 2.17 bits per heavy atom. The maximum absolute atomic E-state index is 11.8. The molecule has 1 aliphatic rings. The van der Waals surface area contributed by atoms with Gasteiger partial charge in [0.05, 0.1) is 0 Å². The van der Waals surface area contributed by atoms with E-state index in [1.165, 1.54) is 12.0 Å². The quantitative estimate of drug-likeness (QED) is 0.838. The molecule has 98 valence electrons. The van der Waals surface area contributed by atoms with E-state index >= 15 is 0 Å². The molecule has 0 spiro atoms. The van der Waals surface area contributed by atoms with E-state index in [2.05, 4.69) is 30.5 Å². The van der Waals surface area contributed by atoms with Crippen molar-refractivity contribution in [3.05, 3.63) is 29.8 Å². The SMILES string of the molecule is CC(C)NCc1cccc(NC(=O)C2CCC2)c1. The lowest BCUT2D eigenvalue weighted by Gasteiger charge is -2.24. The van der Waals surface area contributed by atoms with Crippen LogP contribution in [0.1, 0.15) is 38.7 Å². The van der Waals surface area contributed by atoms with Crippen molar-refractivity contribution < 1.29 is 4.79 Å². The average molecular weight is 246 g/mol. The summed E-state index contributed by atoms with van der Waals surface area (Å²) in [4.78, 5) is 11.8. The smallest absolute Gasteiger partial charge is 0.227 e. The molecular weight excluding hydrogens is 224 g/mol. The number of rotatable bonds is 5. The molecule has 2 N–H and O–H groups in total. The van der Waals surface area contributed by atoms with Crippen molar-refractivity contribution in [1.29, 1.82) is 0 Å². The molecule has 0 bridgehead atoms. The van der Waals surface area contributed by atoms with Gasteiger partial charge in [0.1, 0.15) is 0 Å². The number of carbonyl (C=O) groups is 1. The van der Waals surface area contributed by atoms with E-state index in [1.54, 1.807) is 0 Å². The first-order chi connectivity index (χ1) is 8.65. The summed E-state index contributed by atoms with van der Waals surface area (Å²) in [5.74, 6) is 0.415. The summed E-state index contributed by atoms with van der Waals surface area (Å²) < 4.78 is 0. The molecule has 0 radical (unpaired) electrons. The monoisotopic (exact) mass is 246 g/mol. The van der Waals surface area contributed by atoms with Gasteiger partial charge in [-0.1, -0.05) is 32.4 Å². The van der Waals surface area contributed by atoms with Crippen LogP contribution >= 0.6 is 0 Å². The summed E-state index contributed by atoms with van der Waals surface area (Å²) in [6.45, 7) is 5.09. The van der Waals surface area contributed by atoms with Crippen molar-refractivity contribution in [3.8, 4) is 0 Å². The van der Waals surface area contributed by atoms with E-state index in [4.69, 9.17) is 0 Å². The minimum Gasteiger partial charge on any atom is -0.326 e. The number of benzene rings is 1. The first-order valence-electron chi connectivity index (χ1n) is 6.78. The zero-order chi connectivity index (χ0) is 13.0. The maximum atomic E-state index is 11.8. The van der Waals surface area contributed by atoms with Gasteiger partial charge in [0.2, 0.25) is 5.91 Å². The third-order valence-corrected chi connectivity index (χ3v) is 3.38. The Bertz CT molecular complexity index is 411. The molecule has 0 atom stereocenters. The van der Waals surface area contributed by atoms with E-state index in [-0.39, 0.29) is 11.8 Å². The van der Waals surface area contributed by atoms with Crippen molar-refractivity contribution in [2.45, 2.75) is 45.7 Å².